The van der Waals surface area contributed by atoms with Crippen LogP contribution in [0, 0.1) is 0 Å². The standard InChI is InChI=1S/C29H22N2O5/c1-34-17-9-10-24-20(11-17)29(33)21-14-23-19(15-25(21)31(24)16-7-5-4-6-8-16)28(32)22-12-18(35-2)13-26(36-3)27(22)30-23/h4-15H,1-3H3,(H,30,32). The highest BCUT2D eigenvalue weighted by Gasteiger charge is 2.17. The van der Waals surface area contributed by atoms with Crippen LogP contribution in [0.3, 0.4) is 0 Å². The number of hydrogen-bond acceptors (Lipinski definition) is 5. The van der Waals surface area contributed by atoms with Crippen molar-refractivity contribution >= 4 is 43.6 Å². The normalized spacial score (nSPS) is 11.4. The molecule has 7 nitrogen and oxygen atoms in total. The molecule has 0 bridgehead atoms. The monoisotopic (exact) mass is 478 g/mol. The van der Waals surface area contributed by atoms with Gasteiger partial charge in [-0.1, -0.05) is 18.2 Å². The number of pyridine rings is 2. The molecule has 0 fully saturated rings. The first-order valence-electron chi connectivity index (χ1n) is 11.4. The second-order valence-electron chi connectivity index (χ2n) is 8.50. The molecule has 2 heterocycles. The van der Waals surface area contributed by atoms with Gasteiger partial charge in [0.05, 0.1) is 54.2 Å². The molecule has 0 saturated carbocycles. The zero-order valence-corrected chi connectivity index (χ0v) is 19.9. The van der Waals surface area contributed by atoms with Crippen LogP contribution in [0.4, 0.5) is 0 Å². The van der Waals surface area contributed by atoms with Crippen LogP contribution in [0.25, 0.3) is 49.3 Å². The molecule has 1 N–H and O–H groups in total. The topological polar surface area (TPSA) is 82.5 Å². The van der Waals surface area contributed by atoms with Crippen molar-refractivity contribution in [3.63, 3.8) is 0 Å². The van der Waals surface area contributed by atoms with Crippen molar-refractivity contribution in [2.24, 2.45) is 0 Å². The number of aromatic nitrogens is 2. The summed E-state index contributed by atoms with van der Waals surface area (Å²) in [6.07, 6.45) is 0. The molecule has 0 amide bonds. The van der Waals surface area contributed by atoms with Crippen LogP contribution in [0.5, 0.6) is 17.2 Å². The highest BCUT2D eigenvalue weighted by Crippen LogP contribution is 2.32. The van der Waals surface area contributed by atoms with Crippen LogP contribution >= 0.6 is 0 Å². The molecule has 6 aromatic rings. The molecule has 2 aromatic heterocycles. The van der Waals surface area contributed by atoms with E-state index < -0.39 is 0 Å². The minimum atomic E-state index is -0.181. The fourth-order valence-electron chi connectivity index (χ4n) is 4.85. The Kier molecular flexibility index (Phi) is 4.93. The summed E-state index contributed by atoms with van der Waals surface area (Å²) in [5, 5.41) is 1.91. The Hall–Kier alpha value is -4.78. The van der Waals surface area contributed by atoms with Crippen molar-refractivity contribution in [1.82, 2.24) is 9.55 Å². The molecule has 0 aliphatic rings. The van der Waals surface area contributed by atoms with E-state index in [9.17, 15) is 9.59 Å². The number of fused-ring (bicyclic) bond motifs is 4. The van der Waals surface area contributed by atoms with E-state index in [4.69, 9.17) is 14.2 Å². The number of H-pyrrole nitrogens is 1. The molecule has 0 saturated heterocycles. The fraction of sp³-hybridized carbons (Fsp3) is 0.103. The summed E-state index contributed by atoms with van der Waals surface area (Å²) in [7, 11) is 4.65. The number of para-hydroxylation sites is 1. The molecule has 0 aliphatic heterocycles. The maximum absolute atomic E-state index is 13.7. The van der Waals surface area contributed by atoms with Crippen molar-refractivity contribution in [3.05, 3.63) is 93.2 Å². The molecule has 178 valence electrons. The minimum absolute atomic E-state index is 0.143. The van der Waals surface area contributed by atoms with Crippen LogP contribution in [0.2, 0.25) is 0 Å². The van der Waals surface area contributed by atoms with Crippen LogP contribution in [-0.2, 0) is 0 Å². The highest BCUT2D eigenvalue weighted by atomic mass is 16.5. The van der Waals surface area contributed by atoms with E-state index in [-0.39, 0.29) is 10.9 Å². The fourth-order valence-corrected chi connectivity index (χ4v) is 4.85. The summed E-state index contributed by atoms with van der Waals surface area (Å²) in [5.41, 5.74) is 2.99. The number of nitrogens with one attached hydrogen (secondary N) is 1. The molecule has 0 aliphatic carbocycles. The molecule has 0 radical (unpaired) electrons. The Labute approximate surface area is 205 Å². The number of benzene rings is 4. The van der Waals surface area contributed by atoms with Crippen molar-refractivity contribution in [1.29, 1.82) is 0 Å². The Morgan fingerprint density at radius 1 is 0.639 bits per heavy atom. The highest BCUT2D eigenvalue weighted by molar-refractivity contribution is 6.05. The lowest BCUT2D eigenvalue weighted by atomic mass is 10.0. The third kappa shape index (κ3) is 3.13. The molecule has 4 aromatic carbocycles. The van der Waals surface area contributed by atoms with Gasteiger partial charge in [0.25, 0.3) is 0 Å². The first-order valence-corrected chi connectivity index (χ1v) is 11.4. The molecular weight excluding hydrogens is 456 g/mol. The van der Waals surface area contributed by atoms with Gasteiger partial charge in [-0.2, -0.15) is 0 Å². The first kappa shape index (κ1) is 21.7. The van der Waals surface area contributed by atoms with Crippen molar-refractivity contribution in [3.8, 4) is 22.9 Å². The summed E-state index contributed by atoms with van der Waals surface area (Å²) < 4.78 is 18.3. The predicted molar refractivity (Wildman–Crippen MR) is 142 cm³/mol. The number of ether oxygens (including phenoxy) is 3. The zero-order chi connectivity index (χ0) is 25.0. The Morgan fingerprint density at radius 3 is 2.06 bits per heavy atom. The Bertz CT molecular complexity index is 1940. The van der Waals surface area contributed by atoms with E-state index in [0.717, 1.165) is 11.2 Å². The van der Waals surface area contributed by atoms with Crippen molar-refractivity contribution in [2.45, 2.75) is 0 Å². The van der Waals surface area contributed by atoms with Gasteiger partial charge in [0.15, 0.2) is 10.9 Å². The average molecular weight is 479 g/mol. The second kappa shape index (κ2) is 8.16. The second-order valence-corrected chi connectivity index (χ2v) is 8.50. The van der Waals surface area contributed by atoms with E-state index in [2.05, 4.69) is 4.98 Å². The molecule has 6 rings (SSSR count). The van der Waals surface area contributed by atoms with E-state index in [1.807, 2.05) is 47.0 Å². The summed E-state index contributed by atoms with van der Waals surface area (Å²) >= 11 is 0. The SMILES string of the molecule is COc1cc(OC)c2[nH]c3cc4c(=O)c5cc(OC)ccc5n(-c5ccccc5)c4cc3c(=O)c2c1. The average Bonchev–Trinajstić information content (AvgIpc) is 2.93. The molecule has 7 heteroatoms. The number of aromatic amines is 1. The van der Waals surface area contributed by atoms with Crippen LogP contribution in [0.15, 0.2) is 82.4 Å². The third-order valence-corrected chi connectivity index (χ3v) is 6.61. The lowest BCUT2D eigenvalue weighted by molar-refractivity contribution is 0.397. The largest absolute Gasteiger partial charge is 0.497 e. The molecule has 0 atom stereocenters. The summed E-state index contributed by atoms with van der Waals surface area (Å²) in [4.78, 5) is 30.8. The number of hydrogen-bond donors (Lipinski definition) is 1. The van der Waals surface area contributed by atoms with Gasteiger partial charge in [-0.15, -0.1) is 0 Å². The van der Waals surface area contributed by atoms with E-state index >= 15 is 0 Å². The van der Waals surface area contributed by atoms with Gasteiger partial charge in [-0.3, -0.25) is 9.59 Å². The van der Waals surface area contributed by atoms with Gasteiger partial charge in [0, 0.05) is 22.5 Å². The Morgan fingerprint density at radius 2 is 1.33 bits per heavy atom. The maximum atomic E-state index is 13.7. The van der Waals surface area contributed by atoms with E-state index in [0.29, 0.717) is 55.3 Å². The number of methoxy groups -OCH3 is 3. The van der Waals surface area contributed by atoms with Crippen molar-refractivity contribution in [2.75, 3.05) is 21.3 Å². The first-order chi connectivity index (χ1) is 17.5. The number of nitrogens with zero attached hydrogens (tertiary/aromatic N) is 1. The van der Waals surface area contributed by atoms with E-state index in [1.165, 1.54) is 7.11 Å². The van der Waals surface area contributed by atoms with Crippen LogP contribution in [0.1, 0.15) is 0 Å². The summed E-state index contributed by atoms with van der Waals surface area (Å²) in [5.74, 6) is 1.59. The van der Waals surface area contributed by atoms with Crippen LogP contribution < -0.4 is 25.1 Å². The smallest absolute Gasteiger partial charge is 0.197 e. The minimum Gasteiger partial charge on any atom is -0.497 e. The molecule has 0 spiro atoms. The maximum Gasteiger partial charge on any atom is 0.197 e. The van der Waals surface area contributed by atoms with Gasteiger partial charge in [-0.25, -0.2) is 0 Å². The zero-order valence-electron chi connectivity index (χ0n) is 19.9. The quantitative estimate of drug-likeness (QED) is 0.354. The van der Waals surface area contributed by atoms with Gasteiger partial charge >= 0.3 is 0 Å². The van der Waals surface area contributed by atoms with Gasteiger partial charge in [0.2, 0.25) is 0 Å². The molecular formula is C29H22N2O5. The Balaban J connectivity index is 1.84. The number of rotatable bonds is 4. The third-order valence-electron chi connectivity index (χ3n) is 6.61. The molecule has 36 heavy (non-hydrogen) atoms. The summed E-state index contributed by atoms with van der Waals surface area (Å²) in [6, 6.07) is 22.1. The van der Waals surface area contributed by atoms with Gasteiger partial charge in [0.1, 0.15) is 17.2 Å². The van der Waals surface area contributed by atoms with Gasteiger partial charge in [-0.05, 0) is 48.5 Å². The summed E-state index contributed by atoms with van der Waals surface area (Å²) in [6.45, 7) is 0. The van der Waals surface area contributed by atoms with Gasteiger partial charge < -0.3 is 23.8 Å². The molecule has 0 unspecified atom stereocenters. The predicted octanol–water partition coefficient (Wildman–Crippen LogP) is 5.16. The lowest BCUT2D eigenvalue weighted by Gasteiger charge is -2.17. The van der Waals surface area contributed by atoms with Crippen molar-refractivity contribution < 1.29 is 14.2 Å². The van der Waals surface area contributed by atoms with E-state index in [1.54, 1.807) is 44.6 Å². The van der Waals surface area contributed by atoms with Crippen LogP contribution in [-0.4, -0.2) is 30.9 Å². The lowest BCUT2D eigenvalue weighted by Crippen LogP contribution is -2.12.